The Bertz CT molecular complexity index is 826. The van der Waals surface area contributed by atoms with Gasteiger partial charge in [-0.25, -0.2) is 4.79 Å². The third-order valence-electron chi connectivity index (χ3n) is 5.49. The van der Waals surface area contributed by atoms with Gasteiger partial charge < -0.3 is 10.1 Å². The molecule has 1 saturated carbocycles. The van der Waals surface area contributed by atoms with Crippen LogP contribution in [0.2, 0.25) is 0 Å². The van der Waals surface area contributed by atoms with E-state index in [1.807, 2.05) is 19.9 Å². The summed E-state index contributed by atoms with van der Waals surface area (Å²) in [5, 5.41) is 19.7. The number of aryl methyl sites for hydroxylation is 2. The molecule has 144 valence electrons. The van der Waals surface area contributed by atoms with Crippen LogP contribution in [0.15, 0.2) is 24.4 Å². The number of anilines is 2. The summed E-state index contributed by atoms with van der Waals surface area (Å²) < 4.78 is 5.78. The van der Waals surface area contributed by atoms with E-state index in [1.165, 1.54) is 0 Å². The smallest absolute Gasteiger partial charge is 0.416 e. The Labute approximate surface area is 159 Å². The van der Waals surface area contributed by atoms with Gasteiger partial charge in [0, 0.05) is 14.2 Å². The molecule has 1 aliphatic heterocycles. The van der Waals surface area contributed by atoms with Crippen molar-refractivity contribution >= 4 is 17.7 Å². The Morgan fingerprint density at radius 3 is 2.81 bits per heavy atom. The standard InChI is InChI=1S/C19H24N6O2.H2/c1-13-10-14(2)22-24-17(13)20-11-15-5-7-19(8-6-15)12-25(18(26)27-19)16-4-3-9-21-23-16;/h3-4,9-10,15H,5-8,11-12H2,1-2H3,(H,20,24);1H. The van der Waals surface area contributed by atoms with E-state index in [0.29, 0.717) is 18.3 Å². The highest BCUT2D eigenvalue weighted by molar-refractivity contribution is 5.89. The number of amides is 1. The molecular weight excluding hydrogens is 344 g/mol. The van der Waals surface area contributed by atoms with Crippen molar-refractivity contribution in [3.8, 4) is 0 Å². The first-order valence-electron chi connectivity index (χ1n) is 9.38. The first kappa shape index (κ1) is 17.6. The van der Waals surface area contributed by atoms with Crippen molar-refractivity contribution < 1.29 is 11.0 Å². The first-order valence-corrected chi connectivity index (χ1v) is 9.38. The van der Waals surface area contributed by atoms with E-state index in [4.69, 9.17) is 4.74 Å². The molecule has 1 N–H and O–H groups in total. The lowest BCUT2D eigenvalue weighted by Gasteiger charge is -2.35. The second-order valence-electron chi connectivity index (χ2n) is 7.56. The topological polar surface area (TPSA) is 93.1 Å². The fraction of sp³-hybridized carbons (Fsp3) is 0.526. The molecule has 2 aromatic heterocycles. The molecule has 1 saturated heterocycles. The lowest BCUT2D eigenvalue weighted by atomic mass is 9.78. The van der Waals surface area contributed by atoms with Gasteiger partial charge in [0.1, 0.15) is 5.60 Å². The number of ether oxygens (including phenoxy) is 1. The third-order valence-corrected chi connectivity index (χ3v) is 5.49. The van der Waals surface area contributed by atoms with Gasteiger partial charge in [0.2, 0.25) is 0 Å². The zero-order chi connectivity index (χ0) is 18.9. The molecule has 0 aromatic carbocycles. The molecule has 0 atom stereocenters. The van der Waals surface area contributed by atoms with Crippen LogP contribution in [0.4, 0.5) is 16.4 Å². The van der Waals surface area contributed by atoms with Crippen LogP contribution in [0.5, 0.6) is 0 Å². The molecule has 0 bridgehead atoms. The second kappa shape index (κ2) is 7.09. The number of nitrogens with one attached hydrogen (secondary N) is 1. The number of rotatable bonds is 4. The van der Waals surface area contributed by atoms with E-state index in [2.05, 4.69) is 25.7 Å². The van der Waals surface area contributed by atoms with E-state index in [-0.39, 0.29) is 7.52 Å². The van der Waals surface area contributed by atoms with E-state index < -0.39 is 5.60 Å². The maximum atomic E-state index is 12.3. The highest BCUT2D eigenvalue weighted by Crippen LogP contribution is 2.40. The minimum atomic E-state index is -0.398. The Hall–Kier alpha value is -2.77. The van der Waals surface area contributed by atoms with E-state index >= 15 is 0 Å². The van der Waals surface area contributed by atoms with Gasteiger partial charge >= 0.3 is 6.09 Å². The molecule has 1 spiro atoms. The van der Waals surface area contributed by atoms with Gasteiger partial charge in [-0.1, -0.05) is 0 Å². The molecule has 0 radical (unpaired) electrons. The van der Waals surface area contributed by atoms with E-state index in [9.17, 15) is 4.79 Å². The summed E-state index contributed by atoms with van der Waals surface area (Å²) in [6, 6.07) is 5.59. The molecule has 2 aromatic rings. The van der Waals surface area contributed by atoms with Gasteiger partial charge in [0.25, 0.3) is 0 Å². The van der Waals surface area contributed by atoms with Crippen LogP contribution < -0.4 is 10.2 Å². The van der Waals surface area contributed by atoms with Crippen molar-refractivity contribution in [1.82, 2.24) is 20.4 Å². The predicted octanol–water partition coefficient (Wildman–Crippen LogP) is 3.13. The average molecular weight is 370 g/mol. The number of aromatic nitrogens is 4. The summed E-state index contributed by atoms with van der Waals surface area (Å²) >= 11 is 0. The number of hydrogen-bond donors (Lipinski definition) is 1. The Kier molecular flexibility index (Phi) is 4.63. The van der Waals surface area contributed by atoms with Crippen LogP contribution in [-0.2, 0) is 4.74 Å². The van der Waals surface area contributed by atoms with Crippen LogP contribution in [0.25, 0.3) is 0 Å². The maximum absolute atomic E-state index is 12.3. The van der Waals surface area contributed by atoms with Crippen molar-refractivity contribution in [2.24, 2.45) is 5.92 Å². The third kappa shape index (κ3) is 3.70. The Balaban J connectivity index is 0.00000225. The quantitative estimate of drug-likeness (QED) is 0.884. The predicted molar refractivity (Wildman–Crippen MR) is 103 cm³/mol. The summed E-state index contributed by atoms with van der Waals surface area (Å²) in [5.41, 5.74) is 1.64. The normalized spacial score (nSPS) is 24.9. The molecular formula is C19H26N6O2. The molecule has 1 aliphatic carbocycles. The highest BCUT2D eigenvalue weighted by Gasteiger charge is 2.48. The van der Waals surface area contributed by atoms with Gasteiger partial charge in [-0.3, -0.25) is 4.90 Å². The van der Waals surface area contributed by atoms with Crippen LogP contribution in [0, 0.1) is 19.8 Å². The Morgan fingerprint density at radius 1 is 1.30 bits per heavy atom. The minimum absolute atomic E-state index is 0. The van der Waals surface area contributed by atoms with Crippen LogP contribution in [-0.4, -0.2) is 45.2 Å². The van der Waals surface area contributed by atoms with Crippen molar-refractivity contribution in [2.45, 2.75) is 45.1 Å². The minimum Gasteiger partial charge on any atom is -0.441 e. The highest BCUT2D eigenvalue weighted by atomic mass is 16.6. The van der Waals surface area contributed by atoms with Crippen molar-refractivity contribution in [1.29, 1.82) is 0 Å². The van der Waals surface area contributed by atoms with Crippen molar-refractivity contribution in [3.63, 3.8) is 0 Å². The first-order chi connectivity index (χ1) is 13.0. The largest absolute Gasteiger partial charge is 0.441 e. The summed E-state index contributed by atoms with van der Waals surface area (Å²) in [7, 11) is 0. The second-order valence-corrected chi connectivity index (χ2v) is 7.56. The molecule has 1 amide bonds. The molecule has 0 unspecified atom stereocenters. The number of nitrogens with zero attached hydrogens (tertiary/aromatic N) is 5. The fourth-order valence-electron chi connectivity index (χ4n) is 3.94. The summed E-state index contributed by atoms with van der Waals surface area (Å²) in [6.07, 6.45) is 5.01. The molecule has 3 heterocycles. The SMILES string of the molecule is Cc1cc(C)c(NCC2CCC3(CC2)CN(c2cccnn2)C(=O)O3)nn1.[HH]. The summed E-state index contributed by atoms with van der Waals surface area (Å²) in [6.45, 7) is 5.39. The van der Waals surface area contributed by atoms with Crippen LogP contribution >= 0.6 is 0 Å². The summed E-state index contributed by atoms with van der Waals surface area (Å²) in [5.74, 6) is 1.93. The molecule has 4 rings (SSSR count). The summed E-state index contributed by atoms with van der Waals surface area (Å²) in [4.78, 5) is 13.9. The monoisotopic (exact) mass is 370 g/mol. The fourth-order valence-corrected chi connectivity index (χ4v) is 3.94. The average Bonchev–Trinajstić information content (AvgIpc) is 2.99. The molecule has 2 fully saturated rings. The van der Waals surface area contributed by atoms with E-state index in [0.717, 1.165) is 49.3 Å². The van der Waals surface area contributed by atoms with Gasteiger partial charge in [-0.2, -0.15) is 10.2 Å². The number of hydrogen-bond acceptors (Lipinski definition) is 7. The zero-order valence-electron chi connectivity index (χ0n) is 15.7. The van der Waals surface area contributed by atoms with Crippen molar-refractivity contribution in [2.75, 3.05) is 23.3 Å². The number of carbonyl (C=O) groups excluding carboxylic acids is 1. The zero-order valence-corrected chi connectivity index (χ0v) is 15.7. The lowest BCUT2D eigenvalue weighted by Crippen LogP contribution is -2.39. The van der Waals surface area contributed by atoms with E-state index in [1.54, 1.807) is 23.2 Å². The van der Waals surface area contributed by atoms with Crippen molar-refractivity contribution in [3.05, 3.63) is 35.7 Å². The molecule has 27 heavy (non-hydrogen) atoms. The number of carbonyl (C=O) groups is 1. The molecule has 8 heteroatoms. The van der Waals surface area contributed by atoms with Crippen LogP contribution in [0.1, 0.15) is 38.4 Å². The Morgan fingerprint density at radius 2 is 2.11 bits per heavy atom. The van der Waals surface area contributed by atoms with Gasteiger partial charge in [-0.05, 0) is 69.2 Å². The van der Waals surface area contributed by atoms with Gasteiger partial charge in [-0.15, -0.1) is 10.2 Å². The molecule has 2 aliphatic rings. The maximum Gasteiger partial charge on any atom is 0.416 e. The lowest BCUT2D eigenvalue weighted by molar-refractivity contribution is 0.0148. The molecule has 8 nitrogen and oxygen atoms in total. The van der Waals surface area contributed by atoms with Crippen LogP contribution in [0.3, 0.4) is 0 Å². The van der Waals surface area contributed by atoms with Gasteiger partial charge in [0.05, 0.1) is 12.2 Å². The van der Waals surface area contributed by atoms with Gasteiger partial charge in [0.15, 0.2) is 11.6 Å².